The lowest BCUT2D eigenvalue weighted by atomic mass is 10.0. The first-order valence-electron chi connectivity index (χ1n) is 5.87. The molecule has 1 saturated heterocycles. The van der Waals surface area contributed by atoms with Crippen LogP contribution in [0.5, 0.6) is 0 Å². The number of nitrogen functional groups attached to an aromatic ring is 1. The molecule has 1 aromatic heterocycles. The van der Waals surface area contributed by atoms with Crippen LogP contribution < -0.4 is 11.1 Å². The lowest BCUT2D eigenvalue weighted by Crippen LogP contribution is -2.44. The Balaban J connectivity index is 2.01. The van der Waals surface area contributed by atoms with E-state index in [9.17, 15) is 0 Å². The van der Waals surface area contributed by atoms with Gasteiger partial charge in [-0.1, -0.05) is 6.07 Å². The molecule has 0 bridgehead atoms. The molecule has 17 heavy (non-hydrogen) atoms. The van der Waals surface area contributed by atoms with Crippen molar-refractivity contribution in [2.45, 2.75) is 18.6 Å². The molecule has 4 nitrogen and oxygen atoms in total. The minimum Gasteiger partial charge on any atom is -0.383 e. The standard InChI is InChI=1S/C12H19N3OS/c1-14-10(11-8-17-6-5-16-11)7-9-3-2-4-15-12(9)13/h2-4,10-11,14H,5-8H2,1H3,(H2,13,15). The average Bonchev–Trinajstić information content (AvgIpc) is 2.39. The summed E-state index contributed by atoms with van der Waals surface area (Å²) in [6.45, 7) is 0.843. The van der Waals surface area contributed by atoms with Gasteiger partial charge in [-0.25, -0.2) is 4.98 Å². The lowest BCUT2D eigenvalue weighted by molar-refractivity contribution is 0.0492. The summed E-state index contributed by atoms with van der Waals surface area (Å²) in [5.74, 6) is 2.77. The molecule has 2 heterocycles. The number of nitrogens with one attached hydrogen (secondary N) is 1. The molecular weight excluding hydrogens is 234 g/mol. The Morgan fingerprint density at radius 2 is 2.59 bits per heavy atom. The van der Waals surface area contributed by atoms with Crippen molar-refractivity contribution >= 4 is 17.6 Å². The van der Waals surface area contributed by atoms with Crippen LogP contribution in [0, 0.1) is 0 Å². The Kier molecular flexibility index (Phi) is 4.65. The maximum Gasteiger partial charge on any atom is 0.126 e. The molecule has 94 valence electrons. The van der Waals surface area contributed by atoms with Crippen molar-refractivity contribution in [2.24, 2.45) is 0 Å². The van der Waals surface area contributed by atoms with E-state index in [0.717, 1.165) is 30.1 Å². The van der Waals surface area contributed by atoms with Crippen LogP contribution in [0.2, 0.25) is 0 Å². The topological polar surface area (TPSA) is 60.2 Å². The number of rotatable bonds is 4. The minimum atomic E-state index is 0.262. The van der Waals surface area contributed by atoms with E-state index in [4.69, 9.17) is 10.5 Å². The Morgan fingerprint density at radius 3 is 3.24 bits per heavy atom. The first-order chi connectivity index (χ1) is 8.31. The predicted octanol–water partition coefficient (Wildman–Crippen LogP) is 0.926. The highest BCUT2D eigenvalue weighted by molar-refractivity contribution is 7.99. The Morgan fingerprint density at radius 1 is 1.71 bits per heavy atom. The fourth-order valence-electron chi connectivity index (χ4n) is 2.02. The van der Waals surface area contributed by atoms with Gasteiger partial charge in [0.15, 0.2) is 0 Å². The van der Waals surface area contributed by atoms with Gasteiger partial charge in [0.25, 0.3) is 0 Å². The third-order valence-electron chi connectivity index (χ3n) is 3.03. The van der Waals surface area contributed by atoms with Crippen LogP contribution in [0.1, 0.15) is 5.56 Å². The molecule has 2 atom stereocenters. The highest BCUT2D eigenvalue weighted by atomic mass is 32.2. The van der Waals surface area contributed by atoms with Gasteiger partial charge in [-0.3, -0.25) is 0 Å². The second kappa shape index (κ2) is 6.23. The van der Waals surface area contributed by atoms with E-state index in [1.807, 2.05) is 30.9 Å². The summed E-state index contributed by atoms with van der Waals surface area (Å²) >= 11 is 1.95. The molecule has 0 amide bonds. The summed E-state index contributed by atoms with van der Waals surface area (Å²) in [4.78, 5) is 4.12. The van der Waals surface area contributed by atoms with Gasteiger partial charge in [0.2, 0.25) is 0 Å². The third kappa shape index (κ3) is 3.34. The monoisotopic (exact) mass is 253 g/mol. The highest BCUT2D eigenvalue weighted by Crippen LogP contribution is 2.19. The van der Waals surface area contributed by atoms with Crippen LogP contribution in [0.4, 0.5) is 5.82 Å². The molecule has 5 heteroatoms. The van der Waals surface area contributed by atoms with E-state index in [1.54, 1.807) is 6.20 Å². The van der Waals surface area contributed by atoms with E-state index < -0.39 is 0 Å². The number of aromatic nitrogens is 1. The van der Waals surface area contributed by atoms with E-state index in [0.29, 0.717) is 11.9 Å². The van der Waals surface area contributed by atoms with E-state index in [1.165, 1.54) is 0 Å². The summed E-state index contributed by atoms with van der Waals surface area (Å²) in [5.41, 5.74) is 6.96. The van der Waals surface area contributed by atoms with Crippen molar-refractivity contribution < 1.29 is 4.74 Å². The fraction of sp³-hybridized carbons (Fsp3) is 0.583. The average molecular weight is 253 g/mol. The Labute approximate surface area is 106 Å². The van der Waals surface area contributed by atoms with E-state index in [-0.39, 0.29) is 6.10 Å². The molecule has 0 radical (unpaired) electrons. The molecule has 0 spiro atoms. The molecule has 3 N–H and O–H groups in total. The van der Waals surface area contributed by atoms with E-state index >= 15 is 0 Å². The molecule has 1 aliphatic heterocycles. The maximum absolute atomic E-state index is 5.87. The molecular formula is C12H19N3OS. The lowest BCUT2D eigenvalue weighted by Gasteiger charge is -2.30. The molecule has 2 rings (SSSR count). The highest BCUT2D eigenvalue weighted by Gasteiger charge is 2.24. The molecule has 0 aromatic carbocycles. The third-order valence-corrected chi connectivity index (χ3v) is 4.05. The van der Waals surface area contributed by atoms with Crippen LogP contribution in [-0.2, 0) is 11.2 Å². The summed E-state index contributed by atoms with van der Waals surface area (Å²) < 4.78 is 5.80. The SMILES string of the molecule is CNC(Cc1cccnc1N)C1CSCCO1. The van der Waals surface area contributed by atoms with Gasteiger partial charge in [-0.05, 0) is 25.1 Å². The van der Waals surface area contributed by atoms with Crippen LogP contribution in [0.3, 0.4) is 0 Å². The largest absolute Gasteiger partial charge is 0.383 e. The smallest absolute Gasteiger partial charge is 0.126 e. The number of nitrogens with zero attached hydrogens (tertiary/aromatic N) is 1. The predicted molar refractivity (Wildman–Crippen MR) is 72.3 cm³/mol. The van der Waals surface area contributed by atoms with Gasteiger partial charge in [0, 0.05) is 23.7 Å². The van der Waals surface area contributed by atoms with Crippen molar-refractivity contribution in [3.63, 3.8) is 0 Å². The van der Waals surface area contributed by atoms with Crippen LogP contribution in [0.15, 0.2) is 18.3 Å². The fourth-order valence-corrected chi connectivity index (χ4v) is 2.96. The van der Waals surface area contributed by atoms with Gasteiger partial charge in [0.05, 0.1) is 12.7 Å². The molecule has 1 fully saturated rings. The zero-order chi connectivity index (χ0) is 12.1. The zero-order valence-electron chi connectivity index (χ0n) is 10.1. The molecule has 0 saturated carbocycles. The number of likely N-dealkylation sites (N-methyl/N-ethyl adjacent to an activating group) is 1. The van der Waals surface area contributed by atoms with Crippen LogP contribution in [-0.4, -0.2) is 42.3 Å². The van der Waals surface area contributed by atoms with Crippen LogP contribution >= 0.6 is 11.8 Å². The first-order valence-corrected chi connectivity index (χ1v) is 7.02. The molecule has 0 aliphatic carbocycles. The number of hydrogen-bond acceptors (Lipinski definition) is 5. The van der Waals surface area contributed by atoms with Crippen molar-refractivity contribution in [1.29, 1.82) is 0 Å². The number of anilines is 1. The minimum absolute atomic E-state index is 0.262. The zero-order valence-corrected chi connectivity index (χ0v) is 10.9. The van der Waals surface area contributed by atoms with E-state index in [2.05, 4.69) is 10.3 Å². The number of hydrogen-bond donors (Lipinski definition) is 2. The number of thioether (sulfide) groups is 1. The molecule has 1 aliphatic rings. The Bertz CT molecular complexity index is 355. The summed E-state index contributed by atoms with van der Waals surface area (Å²) in [5, 5.41) is 3.33. The second-order valence-electron chi connectivity index (χ2n) is 4.13. The maximum atomic E-state index is 5.87. The van der Waals surface area contributed by atoms with Crippen molar-refractivity contribution in [3.05, 3.63) is 23.9 Å². The summed E-state index contributed by atoms with van der Waals surface area (Å²) in [7, 11) is 1.97. The second-order valence-corrected chi connectivity index (χ2v) is 5.28. The van der Waals surface area contributed by atoms with Crippen LogP contribution in [0.25, 0.3) is 0 Å². The van der Waals surface area contributed by atoms with Gasteiger partial charge < -0.3 is 15.8 Å². The normalized spacial score (nSPS) is 22.3. The summed E-state index contributed by atoms with van der Waals surface area (Å²) in [6.07, 6.45) is 2.85. The van der Waals surface area contributed by atoms with Gasteiger partial charge in [-0.2, -0.15) is 11.8 Å². The summed E-state index contributed by atoms with van der Waals surface area (Å²) in [6, 6.07) is 4.26. The van der Waals surface area contributed by atoms with Crippen molar-refractivity contribution in [1.82, 2.24) is 10.3 Å². The van der Waals surface area contributed by atoms with Crippen molar-refractivity contribution in [3.8, 4) is 0 Å². The molecule has 1 aromatic rings. The first kappa shape index (κ1) is 12.7. The molecule has 2 unspecified atom stereocenters. The number of pyridine rings is 1. The Hall–Kier alpha value is -0.780. The number of ether oxygens (including phenoxy) is 1. The van der Waals surface area contributed by atoms with Gasteiger partial charge in [0.1, 0.15) is 5.82 Å². The quantitative estimate of drug-likeness (QED) is 0.836. The number of nitrogens with two attached hydrogens (primary N) is 1. The van der Waals surface area contributed by atoms with Gasteiger partial charge in [-0.15, -0.1) is 0 Å². The van der Waals surface area contributed by atoms with Crippen molar-refractivity contribution in [2.75, 3.05) is 30.9 Å². The van der Waals surface area contributed by atoms with Gasteiger partial charge >= 0.3 is 0 Å².